The first-order chi connectivity index (χ1) is 18.7. The molecular weight excluding hydrogens is 557 g/mol. The summed E-state index contributed by atoms with van der Waals surface area (Å²) in [6.45, 7) is 0.974. The van der Waals surface area contributed by atoms with Gasteiger partial charge in [-0.3, -0.25) is 4.79 Å². The van der Waals surface area contributed by atoms with E-state index in [0.717, 1.165) is 23.9 Å². The van der Waals surface area contributed by atoms with Crippen LogP contribution in [-0.2, 0) is 15.8 Å². The van der Waals surface area contributed by atoms with Crippen molar-refractivity contribution in [2.24, 2.45) is 5.16 Å². The van der Waals surface area contributed by atoms with E-state index < -0.39 is 17.8 Å². The number of halogens is 4. The number of methoxy groups -OCH3 is 1. The van der Waals surface area contributed by atoms with Crippen LogP contribution >= 0.6 is 22.9 Å². The number of hydrogen-bond donors (Lipinski definition) is 0. The van der Waals surface area contributed by atoms with Crippen molar-refractivity contribution in [3.63, 3.8) is 0 Å². The van der Waals surface area contributed by atoms with Crippen molar-refractivity contribution in [1.29, 1.82) is 0 Å². The molecule has 1 fully saturated rings. The summed E-state index contributed by atoms with van der Waals surface area (Å²) in [6.07, 6.45) is -2.36. The van der Waals surface area contributed by atoms with Crippen LogP contribution in [0.15, 0.2) is 47.1 Å². The molecule has 0 N–H and O–H groups in total. The summed E-state index contributed by atoms with van der Waals surface area (Å²) in [4.78, 5) is 28.6. The van der Waals surface area contributed by atoms with E-state index >= 15 is 0 Å². The largest absolute Gasteiger partial charge is 0.491 e. The molecule has 39 heavy (non-hydrogen) atoms. The fraction of sp³-hybridized carbons (Fsp3) is 0.385. The number of hydrogen-bond acceptors (Lipinski definition) is 8. The second kappa shape index (κ2) is 11.4. The van der Waals surface area contributed by atoms with Gasteiger partial charge in [0, 0.05) is 47.6 Å². The van der Waals surface area contributed by atoms with Crippen LogP contribution in [0.3, 0.4) is 0 Å². The monoisotopic (exact) mass is 580 g/mol. The van der Waals surface area contributed by atoms with E-state index in [9.17, 15) is 18.0 Å². The van der Waals surface area contributed by atoms with E-state index in [2.05, 4.69) is 10.1 Å². The van der Waals surface area contributed by atoms with Crippen LogP contribution in [0.4, 0.5) is 13.2 Å². The molecule has 0 aliphatic carbocycles. The third-order valence-corrected chi connectivity index (χ3v) is 7.99. The third kappa shape index (κ3) is 5.96. The molecule has 1 aromatic carbocycles. The molecule has 1 unspecified atom stereocenters. The van der Waals surface area contributed by atoms with Crippen molar-refractivity contribution in [2.75, 3.05) is 26.8 Å². The van der Waals surface area contributed by atoms with Gasteiger partial charge >= 0.3 is 6.18 Å². The summed E-state index contributed by atoms with van der Waals surface area (Å²) in [6, 6.07) is 7.09. The number of rotatable bonds is 7. The number of carbonyl (C=O) groups excluding carboxylic acids is 1. The van der Waals surface area contributed by atoms with E-state index in [4.69, 9.17) is 30.9 Å². The van der Waals surface area contributed by atoms with Gasteiger partial charge in [0.25, 0.3) is 11.8 Å². The average molecular weight is 581 g/mol. The minimum Gasteiger partial charge on any atom is -0.491 e. The van der Waals surface area contributed by atoms with Gasteiger partial charge in [0.05, 0.1) is 23.4 Å². The van der Waals surface area contributed by atoms with Crippen LogP contribution < -0.4 is 9.47 Å². The molecule has 2 aliphatic heterocycles. The number of piperidine rings is 1. The van der Waals surface area contributed by atoms with Gasteiger partial charge < -0.3 is 19.2 Å². The Bertz CT molecular complexity index is 1380. The molecule has 0 bridgehead atoms. The first kappa shape index (κ1) is 27.2. The highest BCUT2D eigenvalue weighted by Gasteiger charge is 2.39. The second-order valence-electron chi connectivity index (χ2n) is 9.06. The molecule has 1 atom stereocenters. The van der Waals surface area contributed by atoms with Crippen LogP contribution in [0.5, 0.6) is 11.6 Å². The predicted molar refractivity (Wildman–Crippen MR) is 138 cm³/mol. The van der Waals surface area contributed by atoms with Crippen molar-refractivity contribution >= 4 is 34.6 Å². The van der Waals surface area contributed by atoms with E-state index in [1.807, 2.05) is 5.38 Å². The van der Waals surface area contributed by atoms with E-state index in [1.165, 1.54) is 30.6 Å². The molecule has 206 valence electrons. The molecule has 0 saturated carbocycles. The minimum atomic E-state index is -4.56. The smallest absolute Gasteiger partial charge is 0.416 e. The SMILES string of the molecule is COc1cccnc1OCC(=O)N1CCC(c2nc(C3=NOC(c4c(Cl)cccc4C(F)(F)F)C3)cs2)CC1. The van der Waals surface area contributed by atoms with Crippen molar-refractivity contribution in [2.45, 2.75) is 37.5 Å². The maximum Gasteiger partial charge on any atom is 0.416 e. The molecule has 1 saturated heterocycles. The number of carbonyl (C=O) groups is 1. The third-order valence-electron chi connectivity index (χ3n) is 6.65. The van der Waals surface area contributed by atoms with Crippen LogP contribution in [0.25, 0.3) is 0 Å². The molecule has 13 heteroatoms. The number of pyridine rings is 1. The number of likely N-dealkylation sites (tertiary alicyclic amines) is 1. The van der Waals surface area contributed by atoms with Gasteiger partial charge in [0.1, 0.15) is 5.71 Å². The van der Waals surface area contributed by atoms with Gasteiger partial charge in [-0.25, -0.2) is 9.97 Å². The van der Waals surface area contributed by atoms with Crippen LogP contribution in [0.2, 0.25) is 5.02 Å². The summed E-state index contributed by atoms with van der Waals surface area (Å²) in [5.74, 6) is 0.745. The Morgan fingerprint density at radius 2 is 2.03 bits per heavy atom. The lowest BCUT2D eigenvalue weighted by Gasteiger charge is -2.31. The number of thiazole rings is 1. The van der Waals surface area contributed by atoms with Crippen molar-refractivity contribution in [3.8, 4) is 11.6 Å². The molecule has 5 rings (SSSR count). The highest BCUT2D eigenvalue weighted by atomic mass is 35.5. The van der Waals surface area contributed by atoms with E-state index in [0.29, 0.717) is 30.2 Å². The number of amides is 1. The van der Waals surface area contributed by atoms with Gasteiger partial charge in [-0.15, -0.1) is 11.3 Å². The fourth-order valence-corrected chi connectivity index (χ4v) is 5.94. The number of oxime groups is 1. The number of benzene rings is 1. The topological polar surface area (TPSA) is 86.1 Å². The first-order valence-electron chi connectivity index (χ1n) is 12.2. The summed E-state index contributed by atoms with van der Waals surface area (Å²) in [5, 5.41) is 6.75. The zero-order valence-electron chi connectivity index (χ0n) is 20.8. The Hall–Kier alpha value is -3.38. The van der Waals surface area contributed by atoms with E-state index in [-0.39, 0.29) is 41.3 Å². The quantitative estimate of drug-likeness (QED) is 0.347. The van der Waals surface area contributed by atoms with Gasteiger partial charge in [-0.2, -0.15) is 13.2 Å². The average Bonchev–Trinajstić information content (AvgIpc) is 3.62. The summed E-state index contributed by atoms with van der Waals surface area (Å²) < 4.78 is 51.4. The lowest BCUT2D eigenvalue weighted by Crippen LogP contribution is -2.40. The Kier molecular flexibility index (Phi) is 7.94. The predicted octanol–water partition coefficient (Wildman–Crippen LogP) is 5.87. The molecule has 0 radical (unpaired) electrons. The number of alkyl halides is 3. The van der Waals surface area contributed by atoms with Crippen LogP contribution in [0, 0.1) is 0 Å². The van der Waals surface area contributed by atoms with E-state index in [1.54, 1.807) is 23.2 Å². The Morgan fingerprint density at radius 1 is 1.23 bits per heavy atom. The molecule has 2 aromatic heterocycles. The highest BCUT2D eigenvalue weighted by molar-refractivity contribution is 7.10. The zero-order chi connectivity index (χ0) is 27.6. The Morgan fingerprint density at radius 3 is 2.77 bits per heavy atom. The molecule has 0 spiro atoms. The number of ether oxygens (including phenoxy) is 2. The summed E-state index contributed by atoms with van der Waals surface area (Å²) >= 11 is 7.59. The van der Waals surface area contributed by atoms with Gasteiger partial charge in [-0.05, 0) is 37.1 Å². The molecule has 2 aliphatic rings. The second-order valence-corrected chi connectivity index (χ2v) is 10.4. The minimum absolute atomic E-state index is 0.0175. The lowest BCUT2D eigenvalue weighted by molar-refractivity contribution is -0.139. The van der Waals surface area contributed by atoms with Crippen LogP contribution in [0.1, 0.15) is 53.1 Å². The van der Waals surface area contributed by atoms with Crippen molar-refractivity contribution in [3.05, 3.63) is 68.8 Å². The van der Waals surface area contributed by atoms with Crippen molar-refractivity contribution in [1.82, 2.24) is 14.9 Å². The van der Waals surface area contributed by atoms with Gasteiger partial charge in [0.15, 0.2) is 18.5 Å². The summed E-state index contributed by atoms with van der Waals surface area (Å²) in [7, 11) is 1.51. The molecular formula is C26H24ClF3N4O4S. The highest BCUT2D eigenvalue weighted by Crippen LogP contribution is 2.42. The first-order valence-corrected chi connectivity index (χ1v) is 13.4. The Labute approximate surface area is 231 Å². The maximum absolute atomic E-state index is 13.5. The number of nitrogens with zero attached hydrogens (tertiary/aromatic N) is 4. The fourth-order valence-electron chi connectivity index (χ4n) is 4.64. The summed E-state index contributed by atoms with van der Waals surface area (Å²) in [5.41, 5.74) is 0.101. The maximum atomic E-state index is 13.5. The normalized spacial score (nSPS) is 18.0. The molecule has 8 nitrogen and oxygen atoms in total. The van der Waals surface area contributed by atoms with Gasteiger partial charge in [0.2, 0.25) is 0 Å². The molecule has 1 amide bonds. The standard InChI is InChI=1S/C26H24ClF3N4O4S/c1-36-20-6-3-9-31-24(20)37-13-22(35)34-10-7-15(8-11-34)25-32-19(14-39-25)18-12-21(38-33-18)23-16(26(28,29)30)4-2-5-17(23)27/h2-6,9,14-15,21H,7-8,10-13H2,1H3. The lowest BCUT2D eigenvalue weighted by atomic mass is 9.97. The number of aromatic nitrogens is 2. The molecule has 4 heterocycles. The Balaban J connectivity index is 1.16. The van der Waals surface area contributed by atoms with Crippen LogP contribution in [-0.4, -0.2) is 53.3 Å². The van der Waals surface area contributed by atoms with Crippen molar-refractivity contribution < 1.29 is 32.3 Å². The molecule has 3 aromatic rings. The zero-order valence-corrected chi connectivity index (χ0v) is 22.4. The van der Waals surface area contributed by atoms with Gasteiger partial charge in [-0.1, -0.05) is 22.8 Å².